The fourth-order valence-corrected chi connectivity index (χ4v) is 5.09. The number of carbonyl (C=O) groups excluding carboxylic acids is 1. The summed E-state index contributed by atoms with van der Waals surface area (Å²) < 4.78 is 4.83. The predicted octanol–water partition coefficient (Wildman–Crippen LogP) is 2.57. The highest BCUT2D eigenvalue weighted by atomic mass is 32.2. The SMILES string of the molecule is CC(C)(O)c1ncc([SH+](N)=NC(=O)Nc2c3c(cc4c2CC4)CC3)s1. The van der Waals surface area contributed by atoms with Crippen LogP contribution in [0.2, 0.25) is 0 Å². The van der Waals surface area contributed by atoms with Crippen LogP contribution in [-0.4, -0.2) is 16.1 Å². The summed E-state index contributed by atoms with van der Waals surface area (Å²) in [6, 6.07) is 1.87. The Bertz CT molecular complexity index is 882. The number of aliphatic hydroxyl groups is 1. The van der Waals surface area contributed by atoms with E-state index in [0.717, 1.165) is 35.6 Å². The van der Waals surface area contributed by atoms with Crippen LogP contribution in [0, 0.1) is 0 Å². The van der Waals surface area contributed by atoms with Crippen molar-refractivity contribution in [2.45, 2.75) is 49.3 Å². The molecule has 0 fully saturated rings. The monoisotopic (exact) mass is 377 g/mol. The third kappa shape index (κ3) is 3.03. The zero-order chi connectivity index (χ0) is 17.8. The molecule has 1 atom stereocenters. The second-order valence-electron chi connectivity index (χ2n) is 6.96. The lowest BCUT2D eigenvalue weighted by Gasteiger charge is -2.31. The van der Waals surface area contributed by atoms with Gasteiger partial charge in [-0.1, -0.05) is 17.4 Å². The molecule has 2 aliphatic carbocycles. The minimum Gasteiger partial charge on any atom is -0.383 e. The van der Waals surface area contributed by atoms with Crippen LogP contribution in [0.4, 0.5) is 10.5 Å². The second kappa shape index (κ2) is 5.98. The van der Waals surface area contributed by atoms with Gasteiger partial charge in [-0.3, -0.25) is 0 Å². The number of hydrogen-bond donors (Lipinski definition) is 3. The standard InChI is InChI=1S/C17H20N4O2S2/c1-17(2,23)15-19-8-13(24-15)25(18)21-16(22)20-14-11-5-3-9(11)7-10-4-6-12(10)14/h7-8,23H,3-6H2,1-2H3,(H3,18,20,21,22)/p+1. The van der Waals surface area contributed by atoms with Gasteiger partial charge in [0.1, 0.15) is 10.6 Å². The summed E-state index contributed by atoms with van der Waals surface area (Å²) in [4.78, 5) is 16.6. The minimum absolute atomic E-state index is 0.402. The molecule has 132 valence electrons. The van der Waals surface area contributed by atoms with E-state index >= 15 is 0 Å². The average Bonchev–Trinajstić information content (AvgIpc) is 2.93. The largest absolute Gasteiger partial charge is 0.386 e. The molecule has 0 saturated carbocycles. The summed E-state index contributed by atoms with van der Waals surface area (Å²) in [5, 5.41) is 19.6. The number of thiazole rings is 1. The van der Waals surface area contributed by atoms with Crippen molar-refractivity contribution in [3.63, 3.8) is 0 Å². The smallest absolute Gasteiger partial charge is 0.383 e. The van der Waals surface area contributed by atoms with Crippen molar-refractivity contribution < 1.29 is 9.90 Å². The normalized spacial score (nSPS) is 16.5. The Hall–Kier alpha value is -1.61. The maximum atomic E-state index is 12.4. The number of nitrogens with zero attached hydrogens (tertiary/aromatic N) is 2. The molecular formula is C17H21N4O2S2+. The molecule has 2 aliphatic rings. The highest BCUT2D eigenvalue weighted by Crippen LogP contribution is 2.40. The lowest BCUT2D eigenvalue weighted by Crippen LogP contribution is -2.23. The zero-order valence-corrected chi connectivity index (χ0v) is 15.9. The van der Waals surface area contributed by atoms with Crippen LogP contribution in [0.5, 0.6) is 0 Å². The van der Waals surface area contributed by atoms with Gasteiger partial charge in [-0.15, -0.1) is 0 Å². The summed E-state index contributed by atoms with van der Waals surface area (Å²) in [6.45, 7) is 3.34. The number of hydrogen-bond acceptors (Lipinski definition) is 4. The number of nitrogens with two attached hydrogens (primary N) is 1. The molecule has 1 aromatic heterocycles. The number of anilines is 1. The molecule has 0 aliphatic heterocycles. The van der Waals surface area contributed by atoms with Gasteiger partial charge < -0.3 is 10.4 Å². The molecule has 25 heavy (non-hydrogen) atoms. The average molecular weight is 378 g/mol. The van der Waals surface area contributed by atoms with E-state index in [0.29, 0.717) is 5.01 Å². The fraction of sp³-hybridized carbons (Fsp3) is 0.412. The highest BCUT2D eigenvalue weighted by molar-refractivity contribution is 7.87. The van der Waals surface area contributed by atoms with Crippen LogP contribution in [0.25, 0.3) is 0 Å². The maximum absolute atomic E-state index is 12.4. The van der Waals surface area contributed by atoms with E-state index in [1.807, 2.05) is 0 Å². The van der Waals surface area contributed by atoms with Crippen molar-refractivity contribution in [2.24, 2.45) is 9.50 Å². The Morgan fingerprint density at radius 1 is 1.32 bits per heavy atom. The van der Waals surface area contributed by atoms with Crippen LogP contribution < -0.4 is 10.5 Å². The molecule has 0 radical (unpaired) electrons. The number of amides is 2. The third-order valence-corrected chi connectivity index (χ3v) is 7.60. The Morgan fingerprint density at radius 3 is 2.44 bits per heavy atom. The molecule has 0 bridgehead atoms. The van der Waals surface area contributed by atoms with Crippen molar-refractivity contribution in [1.29, 1.82) is 0 Å². The summed E-state index contributed by atoms with van der Waals surface area (Å²) in [6.07, 6.45) is 5.81. The first-order valence-electron chi connectivity index (χ1n) is 8.25. The summed E-state index contributed by atoms with van der Waals surface area (Å²) in [7, 11) is -1.48. The van der Waals surface area contributed by atoms with Gasteiger partial charge >= 0.3 is 6.03 Å². The molecule has 1 aromatic carbocycles. The van der Waals surface area contributed by atoms with E-state index in [-0.39, 0.29) is 0 Å². The summed E-state index contributed by atoms with van der Waals surface area (Å²) in [5.41, 5.74) is 5.15. The molecule has 4 N–H and O–H groups in total. The number of urea groups is 1. The van der Waals surface area contributed by atoms with Crippen molar-refractivity contribution >= 4 is 33.9 Å². The van der Waals surface area contributed by atoms with E-state index in [4.69, 9.17) is 5.14 Å². The van der Waals surface area contributed by atoms with Gasteiger partial charge in [-0.05, 0) is 66.1 Å². The molecule has 2 aromatic rings. The first-order chi connectivity index (χ1) is 11.8. The molecule has 0 spiro atoms. The lowest BCUT2D eigenvalue weighted by molar-refractivity contribution is 0.0783. The number of rotatable bonds is 3. The van der Waals surface area contributed by atoms with Crippen molar-refractivity contribution in [3.8, 4) is 0 Å². The topological polar surface area (TPSA) is 101 Å². The van der Waals surface area contributed by atoms with Crippen molar-refractivity contribution in [1.82, 2.24) is 4.98 Å². The van der Waals surface area contributed by atoms with Gasteiger partial charge in [0.15, 0.2) is 0 Å². The first-order valence-corrected chi connectivity index (χ1v) is 10.4. The van der Waals surface area contributed by atoms with Gasteiger partial charge in [0.05, 0.1) is 17.1 Å². The molecular weight excluding hydrogens is 356 g/mol. The molecule has 4 rings (SSSR count). The Morgan fingerprint density at radius 2 is 1.96 bits per heavy atom. The van der Waals surface area contributed by atoms with Crippen LogP contribution in [0.3, 0.4) is 0 Å². The highest BCUT2D eigenvalue weighted by Gasteiger charge is 2.28. The Balaban J connectivity index is 1.55. The van der Waals surface area contributed by atoms with Crippen molar-refractivity contribution in [2.75, 3.05) is 5.32 Å². The van der Waals surface area contributed by atoms with Gasteiger partial charge in [0.2, 0.25) is 4.21 Å². The van der Waals surface area contributed by atoms with Crippen LogP contribution >= 0.6 is 11.3 Å². The second-order valence-corrected chi connectivity index (χ2v) is 9.67. The van der Waals surface area contributed by atoms with Crippen LogP contribution in [0.1, 0.15) is 41.1 Å². The Kier molecular flexibility index (Phi) is 4.03. The van der Waals surface area contributed by atoms with E-state index in [1.165, 1.54) is 33.6 Å². The molecule has 1 unspecified atom stereocenters. The maximum Gasteiger partial charge on any atom is 0.386 e. The number of thiol groups is 1. The molecule has 2 amide bonds. The predicted molar refractivity (Wildman–Crippen MR) is 101 cm³/mol. The molecule has 6 nitrogen and oxygen atoms in total. The first kappa shape index (κ1) is 16.8. The van der Waals surface area contributed by atoms with Gasteiger partial charge in [0.25, 0.3) is 0 Å². The van der Waals surface area contributed by atoms with Gasteiger partial charge in [-0.25, -0.2) is 9.78 Å². The number of aryl methyl sites for hydroxylation is 2. The number of carbonyl (C=O) groups is 1. The van der Waals surface area contributed by atoms with E-state index in [2.05, 4.69) is 20.7 Å². The van der Waals surface area contributed by atoms with Gasteiger partial charge in [-0.2, -0.15) is 5.14 Å². The number of nitrogens with one attached hydrogen (secondary N) is 1. The minimum atomic E-state index is -1.48. The lowest BCUT2D eigenvalue weighted by atomic mass is 9.76. The van der Waals surface area contributed by atoms with E-state index < -0.39 is 22.5 Å². The Labute approximate surface area is 152 Å². The molecule has 0 saturated heterocycles. The zero-order valence-electron chi connectivity index (χ0n) is 14.2. The quantitative estimate of drug-likeness (QED) is 0.565. The van der Waals surface area contributed by atoms with Crippen molar-refractivity contribution in [3.05, 3.63) is 39.5 Å². The van der Waals surface area contributed by atoms with Crippen LogP contribution in [-0.2, 0) is 42.2 Å². The fourth-order valence-electron chi connectivity index (χ4n) is 3.16. The summed E-state index contributed by atoms with van der Waals surface area (Å²) >= 11 is 1.30. The van der Waals surface area contributed by atoms with Gasteiger partial charge in [0, 0.05) is 5.69 Å². The van der Waals surface area contributed by atoms with E-state index in [1.54, 1.807) is 20.0 Å². The third-order valence-electron chi connectivity index (χ3n) is 4.69. The number of benzene rings is 1. The number of aromatic nitrogens is 1. The van der Waals surface area contributed by atoms with E-state index in [9.17, 15) is 9.90 Å². The molecule has 1 heterocycles. The molecule has 8 heteroatoms. The summed E-state index contributed by atoms with van der Waals surface area (Å²) in [5.74, 6) is 0. The van der Waals surface area contributed by atoms with Crippen LogP contribution in [0.15, 0.2) is 20.8 Å². The number of fused-ring (bicyclic) bond motifs is 2.